The normalized spacial score (nSPS) is 17.3. The molecule has 0 spiro atoms. The van der Waals surface area contributed by atoms with Crippen molar-refractivity contribution in [1.82, 2.24) is 10.1 Å². The summed E-state index contributed by atoms with van der Waals surface area (Å²) in [4.78, 5) is 13.6. The van der Waals surface area contributed by atoms with Crippen LogP contribution in [0.1, 0.15) is 24.2 Å². The maximum absolute atomic E-state index is 10.9. The van der Waals surface area contributed by atoms with Crippen LogP contribution in [0.4, 0.5) is 0 Å². The molecule has 1 heterocycles. The summed E-state index contributed by atoms with van der Waals surface area (Å²) in [5, 5.41) is 4.47. The van der Waals surface area contributed by atoms with Crippen molar-refractivity contribution in [2.75, 3.05) is 0 Å². The van der Waals surface area contributed by atoms with E-state index >= 15 is 0 Å². The Morgan fingerprint density at radius 2 is 2.00 bits per heavy atom. The minimum atomic E-state index is -0.504. The molecular formula is C11H9ClN2O2. The first-order valence-corrected chi connectivity index (χ1v) is 5.41. The van der Waals surface area contributed by atoms with Gasteiger partial charge >= 0.3 is 5.76 Å². The fourth-order valence-electron chi connectivity index (χ4n) is 1.99. The quantitative estimate of drug-likeness (QED) is 0.869. The molecule has 0 amide bonds. The first-order valence-electron chi connectivity index (χ1n) is 5.03. The SMILES string of the molecule is O=c1[nH]c(C2(c3ccc(Cl)cc3)CC2)no1. The zero-order chi connectivity index (χ0) is 11.2. The third-order valence-electron chi connectivity index (χ3n) is 3.04. The van der Waals surface area contributed by atoms with Gasteiger partial charge in [-0.2, -0.15) is 0 Å². The highest BCUT2D eigenvalue weighted by molar-refractivity contribution is 6.30. The topological polar surface area (TPSA) is 58.9 Å². The summed E-state index contributed by atoms with van der Waals surface area (Å²) >= 11 is 5.84. The van der Waals surface area contributed by atoms with Crippen molar-refractivity contribution in [2.45, 2.75) is 18.3 Å². The van der Waals surface area contributed by atoms with Crippen LogP contribution in [0.25, 0.3) is 0 Å². The molecule has 0 saturated heterocycles. The molecular weight excluding hydrogens is 228 g/mol. The predicted molar refractivity (Wildman–Crippen MR) is 58.6 cm³/mol. The van der Waals surface area contributed by atoms with Crippen LogP contribution in [0.2, 0.25) is 5.02 Å². The Labute approximate surface area is 96.2 Å². The predicted octanol–water partition coefficient (Wildman–Crippen LogP) is 2.10. The van der Waals surface area contributed by atoms with Gasteiger partial charge in [-0.3, -0.25) is 9.51 Å². The van der Waals surface area contributed by atoms with E-state index in [-0.39, 0.29) is 5.41 Å². The van der Waals surface area contributed by atoms with Crippen LogP contribution in [-0.4, -0.2) is 10.1 Å². The lowest BCUT2D eigenvalue weighted by Crippen LogP contribution is -2.12. The van der Waals surface area contributed by atoms with Crippen molar-refractivity contribution in [3.8, 4) is 0 Å². The Balaban J connectivity index is 2.06. The van der Waals surface area contributed by atoms with E-state index in [1.165, 1.54) is 0 Å². The number of rotatable bonds is 2. The number of benzene rings is 1. The van der Waals surface area contributed by atoms with Gasteiger partial charge in [-0.1, -0.05) is 28.9 Å². The zero-order valence-electron chi connectivity index (χ0n) is 8.37. The molecule has 0 unspecified atom stereocenters. The van der Waals surface area contributed by atoms with Crippen LogP contribution in [0.3, 0.4) is 0 Å². The van der Waals surface area contributed by atoms with Crippen molar-refractivity contribution in [2.24, 2.45) is 0 Å². The van der Waals surface area contributed by atoms with E-state index in [2.05, 4.69) is 14.7 Å². The van der Waals surface area contributed by atoms with E-state index < -0.39 is 5.76 Å². The highest BCUT2D eigenvalue weighted by atomic mass is 35.5. The molecule has 2 aromatic rings. The molecule has 1 aliphatic rings. The van der Waals surface area contributed by atoms with Gasteiger partial charge in [0.2, 0.25) is 0 Å². The van der Waals surface area contributed by atoms with E-state index in [1.54, 1.807) is 0 Å². The van der Waals surface area contributed by atoms with Crippen LogP contribution >= 0.6 is 11.6 Å². The molecule has 16 heavy (non-hydrogen) atoms. The molecule has 1 saturated carbocycles. The summed E-state index contributed by atoms with van der Waals surface area (Å²) in [7, 11) is 0. The number of halogens is 1. The van der Waals surface area contributed by atoms with E-state index in [0.29, 0.717) is 10.8 Å². The summed E-state index contributed by atoms with van der Waals surface area (Å²) in [6.07, 6.45) is 1.94. The largest absolute Gasteiger partial charge is 0.438 e. The molecule has 0 bridgehead atoms. The van der Waals surface area contributed by atoms with Gasteiger partial charge in [-0.15, -0.1) is 0 Å². The summed E-state index contributed by atoms with van der Waals surface area (Å²) < 4.78 is 4.55. The van der Waals surface area contributed by atoms with Gasteiger partial charge in [0.25, 0.3) is 0 Å². The van der Waals surface area contributed by atoms with E-state index in [4.69, 9.17) is 11.6 Å². The third-order valence-corrected chi connectivity index (χ3v) is 3.29. The number of nitrogens with one attached hydrogen (secondary N) is 1. The Kier molecular flexibility index (Phi) is 1.94. The average Bonchev–Trinajstić information content (AvgIpc) is 2.97. The lowest BCUT2D eigenvalue weighted by Gasteiger charge is -2.10. The minimum Gasteiger partial charge on any atom is -0.296 e. The standard InChI is InChI=1S/C11H9ClN2O2/c12-8-3-1-7(2-4-8)11(5-6-11)9-13-10(15)16-14-9/h1-4H,5-6H2,(H,13,14,15). The second-order valence-electron chi connectivity index (χ2n) is 4.03. The van der Waals surface area contributed by atoms with Crippen LogP contribution in [0.5, 0.6) is 0 Å². The van der Waals surface area contributed by atoms with E-state index in [0.717, 1.165) is 18.4 Å². The number of aromatic amines is 1. The Bertz CT molecular complexity index is 566. The van der Waals surface area contributed by atoms with Gasteiger partial charge < -0.3 is 0 Å². The average molecular weight is 237 g/mol. The maximum atomic E-state index is 10.9. The van der Waals surface area contributed by atoms with Crippen molar-refractivity contribution in [3.05, 3.63) is 51.2 Å². The maximum Gasteiger partial charge on any atom is 0.438 e. The Hall–Kier alpha value is -1.55. The zero-order valence-corrected chi connectivity index (χ0v) is 9.12. The summed E-state index contributed by atoms with van der Waals surface area (Å²) in [5.41, 5.74) is 0.943. The van der Waals surface area contributed by atoms with Crippen LogP contribution in [0.15, 0.2) is 33.6 Å². The Morgan fingerprint density at radius 1 is 1.31 bits per heavy atom. The fourth-order valence-corrected chi connectivity index (χ4v) is 2.12. The highest BCUT2D eigenvalue weighted by Gasteiger charge is 2.49. The molecule has 4 nitrogen and oxygen atoms in total. The molecule has 1 aromatic heterocycles. The molecule has 5 heteroatoms. The molecule has 0 radical (unpaired) electrons. The molecule has 0 aliphatic heterocycles. The van der Waals surface area contributed by atoms with Crippen molar-refractivity contribution < 1.29 is 4.52 Å². The molecule has 1 fully saturated rings. The monoisotopic (exact) mass is 236 g/mol. The van der Waals surface area contributed by atoms with Gasteiger partial charge in [0.1, 0.15) is 0 Å². The lowest BCUT2D eigenvalue weighted by atomic mass is 9.95. The van der Waals surface area contributed by atoms with E-state index in [1.807, 2.05) is 24.3 Å². The van der Waals surface area contributed by atoms with Gasteiger partial charge in [0, 0.05) is 5.02 Å². The third kappa shape index (κ3) is 1.38. The minimum absolute atomic E-state index is 0.170. The first kappa shape index (κ1) is 9.66. The van der Waals surface area contributed by atoms with Crippen LogP contribution in [0, 0.1) is 0 Å². The second-order valence-corrected chi connectivity index (χ2v) is 4.47. The molecule has 0 atom stereocenters. The molecule has 1 N–H and O–H groups in total. The first-order chi connectivity index (χ1) is 7.71. The summed E-state index contributed by atoms with van der Waals surface area (Å²) in [6, 6.07) is 7.61. The van der Waals surface area contributed by atoms with Gasteiger partial charge in [-0.25, -0.2) is 4.79 Å². The van der Waals surface area contributed by atoms with E-state index in [9.17, 15) is 4.79 Å². The smallest absolute Gasteiger partial charge is 0.296 e. The van der Waals surface area contributed by atoms with Crippen molar-refractivity contribution in [1.29, 1.82) is 0 Å². The van der Waals surface area contributed by atoms with Crippen molar-refractivity contribution in [3.63, 3.8) is 0 Å². The molecule has 3 rings (SSSR count). The number of nitrogens with zero attached hydrogens (tertiary/aromatic N) is 1. The molecule has 1 aliphatic carbocycles. The number of hydrogen-bond acceptors (Lipinski definition) is 3. The number of hydrogen-bond donors (Lipinski definition) is 1. The fraction of sp³-hybridized carbons (Fsp3) is 0.273. The Morgan fingerprint density at radius 3 is 2.50 bits per heavy atom. The molecule has 1 aromatic carbocycles. The summed E-state index contributed by atoms with van der Waals surface area (Å²) in [5.74, 6) is 0.107. The number of aromatic nitrogens is 2. The van der Waals surface area contributed by atoms with Gasteiger partial charge in [-0.05, 0) is 30.5 Å². The summed E-state index contributed by atoms with van der Waals surface area (Å²) in [6.45, 7) is 0. The molecule has 82 valence electrons. The lowest BCUT2D eigenvalue weighted by molar-refractivity contribution is 0.378. The van der Waals surface area contributed by atoms with Crippen LogP contribution in [-0.2, 0) is 5.41 Å². The van der Waals surface area contributed by atoms with Gasteiger partial charge in [0.15, 0.2) is 5.82 Å². The van der Waals surface area contributed by atoms with Crippen LogP contribution < -0.4 is 5.76 Å². The number of H-pyrrole nitrogens is 1. The highest BCUT2D eigenvalue weighted by Crippen LogP contribution is 2.51. The van der Waals surface area contributed by atoms with Gasteiger partial charge in [0.05, 0.1) is 5.41 Å². The second kappa shape index (κ2) is 3.22. The van der Waals surface area contributed by atoms with Crippen molar-refractivity contribution >= 4 is 11.6 Å².